The fourth-order valence-corrected chi connectivity index (χ4v) is 3.38. The van der Waals surface area contributed by atoms with Gasteiger partial charge in [-0.1, -0.05) is 71.4 Å². The number of benzene rings is 3. The van der Waals surface area contributed by atoms with Gasteiger partial charge in [-0.25, -0.2) is 4.79 Å². The molecule has 0 fully saturated rings. The van der Waals surface area contributed by atoms with Crippen LogP contribution in [0.1, 0.15) is 35.2 Å². The molecule has 3 aromatic rings. The lowest BCUT2D eigenvalue weighted by Crippen LogP contribution is -2.13. The highest BCUT2D eigenvalue weighted by Gasteiger charge is 2.16. The zero-order valence-corrected chi connectivity index (χ0v) is 15.1. The van der Waals surface area contributed by atoms with Crippen LogP contribution in [-0.2, 0) is 4.74 Å². The van der Waals surface area contributed by atoms with Crippen molar-refractivity contribution in [3.8, 4) is 0 Å². The van der Waals surface area contributed by atoms with Gasteiger partial charge in [-0.3, -0.25) is 0 Å². The van der Waals surface area contributed by atoms with Crippen LogP contribution in [0.5, 0.6) is 0 Å². The summed E-state index contributed by atoms with van der Waals surface area (Å²) in [6.07, 6.45) is 0.910. The number of fused-ring (bicyclic) bond motifs is 1. The smallest absolute Gasteiger partial charge is 0.338 e. The van der Waals surface area contributed by atoms with Crippen LogP contribution in [0.3, 0.4) is 0 Å². The minimum absolute atomic E-state index is 0.177. The van der Waals surface area contributed by atoms with Crippen molar-refractivity contribution in [3.63, 3.8) is 0 Å². The Hall–Kier alpha value is -2.13. The largest absolute Gasteiger partial charge is 0.461 e. The van der Waals surface area contributed by atoms with Crippen LogP contribution in [-0.4, -0.2) is 12.6 Å². The Morgan fingerprint density at radius 3 is 2.33 bits per heavy atom. The number of hydrogen-bond acceptors (Lipinski definition) is 2. The molecule has 24 heavy (non-hydrogen) atoms. The number of hydrogen-bond donors (Lipinski definition) is 0. The first-order valence-electron chi connectivity index (χ1n) is 8.10. The molecular formula is C21H19BrO2. The van der Waals surface area contributed by atoms with Crippen LogP contribution in [0.25, 0.3) is 10.8 Å². The highest BCUT2D eigenvalue weighted by atomic mass is 79.9. The molecule has 0 radical (unpaired) electrons. The number of carbonyl (C=O) groups excluding carboxylic acids is 1. The van der Waals surface area contributed by atoms with Gasteiger partial charge in [0.2, 0.25) is 0 Å². The zero-order valence-electron chi connectivity index (χ0n) is 13.5. The van der Waals surface area contributed by atoms with Gasteiger partial charge in [0.15, 0.2) is 0 Å². The van der Waals surface area contributed by atoms with E-state index < -0.39 is 0 Å². The molecule has 0 spiro atoms. The molecule has 3 rings (SSSR count). The second kappa shape index (κ2) is 7.63. The first kappa shape index (κ1) is 16.7. The molecule has 0 aliphatic heterocycles. The summed E-state index contributed by atoms with van der Waals surface area (Å²) in [4.78, 5) is 12.2. The van der Waals surface area contributed by atoms with E-state index in [1.165, 1.54) is 16.3 Å². The Morgan fingerprint density at radius 1 is 0.958 bits per heavy atom. The second-order valence-corrected chi connectivity index (χ2v) is 6.61. The van der Waals surface area contributed by atoms with E-state index in [-0.39, 0.29) is 11.9 Å². The first-order chi connectivity index (χ1) is 11.7. The van der Waals surface area contributed by atoms with E-state index >= 15 is 0 Å². The van der Waals surface area contributed by atoms with Crippen LogP contribution >= 0.6 is 15.9 Å². The molecule has 3 aromatic carbocycles. The van der Waals surface area contributed by atoms with Gasteiger partial charge >= 0.3 is 5.97 Å². The first-order valence-corrected chi connectivity index (χ1v) is 8.89. The molecule has 0 aliphatic rings. The minimum Gasteiger partial charge on any atom is -0.461 e. The van der Waals surface area contributed by atoms with Crippen LogP contribution in [0.2, 0.25) is 0 Å². The Labute approximate surface area is 150 Å². The van der Waals surface area contributed by atoms with Gasteiger partial charge in [0.05, 0.1) is 12.2 Å². The van der Waals surface area contributed by atoms with Crippen molar-refractivity contribution in [2.24, 2.45) is 0 Å². The van der Waals surface area contributed by atoms with Crippen LogP contribution in [0, 0.1) is 0 Å². The normalized spacial score (nSPS) is 12.1. The van der Waals surface area contributed by atoms with Gasteiger partial charge in [0.1, 0.15) is 0 Å². The van der Waals surface area contributed by atoms with Gasteiger partial charge in [-0.05, 0) is 41.0 Å². The Morgan fingerprint density at radius 2 is 1.62 bits per heavy atom. The zero-order chi connectivity index (χ0) is 16.9. The third-order valence-electron chi connectivity index (χ3n) is 4.26. The molecule has 0 bridgehead atoms. The molecule has 1 atom stereocenters. The Balaban J connectivity index is 1.82. The lowest BCUT2D eigenvalue weighted by Gasteiger charge is -2.18. The van der Waals surface area contributed by atoms with Crippen molar-refractivity contribution < 1.29 is 9.53 Å². The Bertz CT molecular complexity index is 843. The summed E-state index contributed by atoms with van der Waals surface area (Å²) in [5.41, 5.74) is 1.81. The van der Waals surface area contributed by atoms with E-state index in [1.807, 2.05) is 30.3 Å². The Kier molecular flexibility index (Phi) is 5.31. The monoisotopic (exact) mass is 382 g/mol. The van der Waals surface area contributed by atoms with Crippen molar-refractivity contribution >= 4 is 32.7 Å². The van der Waals surface area contributed by atoms with Crippen molar-refractivity contribution in [1.29, 1.82) is 0 Å². The maximum atomic E-state index is 12.2. The molecule has 0 aliphatic carbocycles. The summed E-state index contributed by atoms with van der Waals surface area (Å²) in [5.74, 6) is -0.0915. The van der Waals surface area contributed by atoms with E-state index in [2.05, 4.69) is 47.1 Å². The average molecular weight is 383 g/mol. The molecule has 3 heteroatoms. The highest BCUT2D eigenvalue weighted by Crippen LogP contribution is 2.32. The third kappa shape index (κ3) is 3.51. The molecule has 122 valence electrons. The average Bonchev–Trinajstić information content (AvgIpc) is 2.64. The lowest BCUT2D eigenvalue weighted by molar-refractivity contribution is 0.0478. The fourth-order valence-electron chi connectivity index (χ4n) is 2.90. The van der Waals surface area contributed by atoms with E-state index in [0.717, 1.165) is 10.9 Å². The molecule has 0 aromatic heterocycles. The van der Waals surface area contributed by atoms with Gasteiger partial charge in [0, 0.05) is 10.4 Å². The van der Waals surface area contributed by atoms with E-state index in [9.17, 15) is 4.79 Å². The topological polar surface area (TPSA) is 26.3 Å². The summed E-state index contributed by atoms with van der Waals surface area (Å²) in [5, 5.41) is 2.39. The molecule has 0 saturated heterocycles. The summed E-state index contributed by atoms with van der Waals surface area (Å²) in [6, 6.07) is 21.6. The highest BCUT2D eigenvalue weighted by molar-refractivity contribution is 9.10. The standard InChI is InChI=1S/C21H19BrO2/c1-2-15(14-24-21(23)16-8-4-3-5-9-16)17-12-13-20(22)19-11-7-6-10-18(17)19/h3-13,15H,2,14H2,1H3. The van der Waals surface area contributed by atoms with Gasteiger partial charge in [-0.2, -0.15) is 0 Å². The predicted octanol–water partition coefficient (Wildman–Crippen LogP) is 5.95. The van der Waals surface area contributed by atoms with Crippen LogP contribution < -0.4 is 0 Å². The van der Waals surface area contributed by atoms with Crippen molar-refractivity contribution in [3.05, 3.63) is 82.3 Å². The minimum atomic E-state index is -0.268. The quantitative estimate of drug-likeness (QED) is 0.509. The SMILES string of the molecule is CCC(COC(=O)c1ccccc1)c1ccc(Br)c2ccccc12. The van der Waals surface area contributed by atoms with Crippen molar-refractivity contribution in [2.45, 2.75) is 19.3 Å². The van der Waals surface area contributed by atoms with Crippen molar-refractivity contribution in [2.75, 3.05) is 6.61 Å². The van der Waals surface area contributed by atoms with Gasteiger partial charge in [-0.15, -0.1) is 0 Å². The maximum absolute atomic E-state index is 12.2. The summed E-state index contributed by atoms with van der Waals surface area (Å²) >= 11 is 3.61. The maximum Gasteiger partial charge on any atom is 0.338 e. The van der Waals surface area contributed by atoms with E-state index in [0.29, 0.717) is 12.2 Å². The summed E-state index contributed by atoms with van der Waals surface area (Å²) < 4.78 is 6.65. The van der Waals surface area contributed by atoms with Crippen LogP contribution in [0.4, 0.5) is 0 Å². The van der Waals surface area contributed by atoms with Crippen LogP contribution in [0.15, 0.2) is 71.2 Å². The predicted molar refractivity (Wildman–Crippen MR) is 101 cm³/mol. The lowest BCUT2D eigenvalue weighted by atomic mass is 9.92. The molecule has 0 amide bonds. The molecule has 2 nitrogen and oxygen atoms in total. The summed E-state index contributed by atoms with van der Waals surface area (Å²) in [7, 11) is 0. The molecule has 0 N–H and O–H groups in total. The molecular weight excluding hydrogens is 364 g/mol. The molecule has 0 heterocycles. The fraction of sp³-hybridized carbons (Fsp3) is 0.190. The number of carbonyl (C=O) groups is 1. The van der Waals surface area contributed by atoms with E-state index in [4.69, 9.17) is 4.74 Å². The van der Waals surface area contributed by atoms with Gasteiger partial charge < -0.3 is 4.74 Å². The molecule has 0 saturated carbocycles. The summed E-state index contributed by atoms with van der Waals surface area (Å²) in [6.45, 7) is 2.51. The van der Waals surface area contributed by atoms with Gasteiger partial charge in [0.25, 0.3) is 0 Å². The second-order valence-electron chi connectivity index (χ2n) is 5.75. The van der Waals surface area contributed by atoms with Crippen molar-refractivity contribution in [1.82, 2.24) is 0 Å². The number of rotatable bonds is 5. The number of halogens is 1. The number of esters is 1. The third-order valence-corrected chi connectivity index (χ3v) is 4.95. The number of ether oxygens (including phenoxy) is 1. The van der Waals surface area contributed by atoms with E-state index in [1.54, 1.807) is 12.1 Å². The molecule has 1 unspecified atom stereocenters.